The number of nitrogens with zero attached hydrogens (tertiary/aromatic N) is 2. The molecule has 1 aliphatic rings. The molecule has 2 aromatic rings. The number of aromatic carboxylic acids is 1. The molecule has 20 heavy (non-hydrogen) atoms. The largest absolute Gasteiger partial charge is 0.478 e. The molecule has 0 saturated carbocycles. The lowest BCUT2D eigenvalue weighted by Gasteiger charge is -2.25. The first-order valence-electron chi connectivity index (χ1n) is 7.03. The molecule has 5 heteroatoms. The van der Waals surface area contributed by atoms with Crippen LogP contribution < -0.4 is 0 Å². The maximum atomic E-state index is 11.3. The summed E-state index contributed by atoms with van der Waals surface area (Å²) in [5, 5.41) is 9.31. The van der Waals surface area contributed by atoms with Gasteiger partial charge < -0.3 is 9.67 Å². The summed E-state index contributed by atoms with van der Waals surface area (Å²) in [5.74, 6) is 2.42. The number of carbonyl (C=O) groups is 1. The molecule has 2 heterocycles. The maximum absolute atomic E-state index is 11.3. The summed E-state index contributed by atoms with van der Waals surface area (Å²) in [7, 11) is 0. The molecule has 0 spiro atoms. The lowest BCUT2D eigenvalue weighted by molar-refractivity contribution is 0.0699. The van der Waals surface area contributed by atoms with Crippen molar-refractivity contribution in [1.82, 2.24) is 9.55 Å². The molecule has 3 rings (SSSR count). The first-order valence-corrected chi connectivity index (χ1v) is 8.18. The number of hydrogen-bond acceptors (Lipinski definition) is 3. The Morgan fingerprint density at radius 1 is 1.55 bits per heavy atom. The number of fused-ring (bicyclic) bond motifs is 1. The molecule has 1 unspecified atom stereocenters. The van der Waals surface area contributed by atoms with E-state index >= 15 is 0 Å². The Kier molecular flexibility index (Phi) is 3.70. The van der Waals surface area contributed by atoms with Crippen LogP contribution in [0.25, 0.3) is 11.0 Å². The fraction of sp³-hybridized carbons (Fsp3) is 0.467. The normalized spacial score (nSPS) is 19.4. The second-order valence-corrected chi connectivity index (χ2v) is 6.25. The highest BCUT2D eigenvalue weighted by atomic mass is 32.2. The van der Waals surface area contributed by atoms with Crippen LogP contribution in [0.5, 0.6) is 0 Å². The van der Waals surface area contributed by atoms with Crippen molar-refractivity contribution in [2.24, 2.45) is 0 Å². The Hall–Kier alpha value is -1.49. The number of aromatic nitrogens is 2. The highest BCUT2D eigenvalue weighted by Gasteiger charge is 2.23. The number of carboxylic acid groups (broad SMARTS) is 1. The number of hydrogen-bond donors (Lipinski definition) is 1. The Morgan fingerprint density at radius 3 is 3.05 bits per heavy atom. The van der Waals surface area contributed by atoms with E-state index in [1.165, 1.54) is 12.2 Å². The van der Waals surface area contributed by atoms with E-state index in [1.54, 1.807) is 6.07 Å². The summed E-state index contributed by atoms with van der Waals surface area (Å²) in [6, 6.07) is 5.89. The summed E-state index contributed by atoms with van der Waals surface area (Å²) >= 11 is 1.97. The lowest BCUT2D eigenvalue weighted by atomic mass is 10.1. The molecule has 1 N–H and O–H groups in total. The van der Waals surface area contributed by atoms with Crippen LogP contribution in [0.2, 0.25) is 0 Å². The smallest absolute Gasteiger partial charge is 0.337 e. The average Bonchev–Trinajstić information content (AvgIpc) is 2.86. The zero-order valence-electron chi connectivity index (χ0n) is 11.5. The Balaban J connectivity index is 2.19. The topological polar surface area (TPSA) is 55.1 Å². The molecular weight excluding hydrogens is 272 g/mol. The second kappa shape index (κ2) is 5.48. The summed E-state index contributed by atoms with van der Waals surface area (Å²) < 4.78 is 2.27. The maximum Gasteiger partial charge on any atom is 0.337 e. The summed E-state index contributed by atoms with van der Waals surface area (Å²) in [5.41, 5.74) is 1.90. The van der Waals surface area contributed by atoms with Crippen molar-refractivity contribution in [3.63, 3.8) is 0 Å². The van der Waals surface area contributed by atoms with Gasteiger partial charge in [0.2, 0.25) is 0 Å². The number of carboxylic acids is 1. The molecule has 0 amide bonds. The zero-order chi connectivity index (χ0) is 14.1. The van der Waals surface area contributed by atoms with E-state index in [2.05, 4.69) is 16.5 Å². The van der Waals surface area contributed by atoms with Gasteiger partial charge in [0, 0.05) is 18.2 Å². The third-order valence-corrected chi connectivity index (χ3v) is 5.04. The van der Waals surface area contributed by atoms with Gasteiger partial charge in [0.1, 0.15) is 11.3 Å². The minimum absolute atomic E-state index is 0.305. The fourth-order valence-electron chi connectivity index (χ4n) is 2.92. The Bertz CT molecular complexity index is 645. The van der Waals surface area contributed by atoms with Crippen LogP contribution in [0.1, 0.15) is 42.0 Å². The van der Waals surface area contributed by atoms with E-state index < -0.39 is 5.97 Å². The first-order chi connectivity index (χ1) is 9.72. The highest BCUT2D eigenvalue weighted by Crippen LogP contribution is 2.32. The SMILES string of the molecule is CCc1nc2c(C(=O)O)cccc2n1C1CCCSC1. The van der Waals surface area contributed by atoms with Crippen molar-refractivity contribution in [2.75, 3.05) is 11.5 Å². The number of para-hydroxylation sites is 1. The molecule has 1 aromatic carbocycles. The van der Waals surface area contributed by atoms with Crippen LogP contribution >= 0.6 is 11.8 Å². The van der Waals surface area contributed by atoms with Crippen LogP contribution in [-0.2, 0) is 6.42 Å². The van der Waals surface area contributed by atoms with Crippen LogP contribution in [-0.4, -0.2) is 32.1 Å². The number of rotatable bonds is 3. The van der Waals surface area contributed by atoms with Gasteiger partial charge >= 0.3 is 5.97 Å². The number of thioether (sulfide) groups is 1. The van der Waals surface area contributed by atoms with Gasteiger partial charge in [-0.2, -0.15) is 11.8 Å². The summed E-state index contributed by atoms with van der Waals surface area (Å²) in [6.45, 7) is 2.08. The van der Waals surface area contributed by atoms with Gasteiger partial charge in [0.15, 0.2) is 0 Å². The van der Waals surface area contributed by atoms with E-state index in [0.29, 0.717) is 17.1 Å². The summed E-state index contributed by atoms with van der Waals surface area (Å²) in [4.78, 5) is 15.9. The molecule has 4 nitrogen and oxygen atoms in total. The van der Waals surface area contributed by atoms with Crippen LogP contribution in [0.3, 0.4) is 0 Å². The molecule has 1 saturated heterocycles. The summed E-state index contributed by atoms with van der Waals surface area (Å²) in [6.07, 6.45) is 3.20. The van der Waals surface area contributed by atoms with E-state index in [-0.39, 0.29) is 0 Å². The zero-order valence-corrected chi connectivity index (χ0v) is 12.3. The molecule has 1 aliphatic heterocycles. The van der Waals surface area contributed by atoms with E-state index in [9.17, 15) is 9.90 Å². The molecule has 1 fully saturated rings. The van der Waals surface area contributed by atoms with Crippen molar-refractivity contribution in [2.45, 2.75) is 32.2 Å². The third-order valence-electron chi connectivity index (χ3n) is 3.84. The van der Waals surface area contributed by atoms with Gasteiger partial charge in [0.25, 0.3) is 0 Å². The lowest BCUT2D eigenvalue weighted by Crippen LogP contribution is -2.18. The predicted molar refractivity (Wildman–Crippen MR) is 81.7 cm³/mol. The molecule has 106 valence electrons. The molecule has 1 aromatic heterocycles. The van der Waals surface area contributed by atoms with Gasteiger partial charge in [-0.15, -0.1) is 0 Å². The minimum atomic E-state index is -0.902. The number of imidazole rings is 1. The molecule has 0 aliphatic carbocycles. The molecule has 1 atom stereocenters. The third kappa shape index (κ3) is 2.20. The molecule has 0 bridgehead atoms. The Labute approximate surface area is 122 Å². The van der Waals surface area contributed by atoms with Gasteiger partial charge in [-0.1, -0.05) is 13.0 Å². The molecular formula is C15H18N2O2S. The Morgan fingerprint density at radius 2 is 2.40 bits per heavy atom. The van der Waals surface area contributed by atoms with E-state index in [4.69, 9.17) is 0 Å². The van der Waals surface area contributed by atoms with Gasteiger partial charge in [0.05, 0.1) is 11.1 Å². The van der Waals surface area contributed by atoms with Crippen LogP contribution in [0.15, 0.2) is 18.2 Å². The fourth-order valence-corrected chi connectivity index (χ4v) is 4.05. The van der Waals surface area contributed by atoms with Crippen molar-refractivity contribution in [3.05, 3.63) is 29.6 Å². The number of aryl methyl sites for hydroxylation is 1. The van der Waals surface area contributed by atoms with Crippen LogP contribution in [0, 0.1) is 0 Å². The molecule has 0 radical (unpaired) electrons. The van der Waals surface area contributed by atoms with Crippen molar-refractivity contribution >= 4 is 28.8 Å². The van der Waals surface area contributed by atoms with Crippen molar-refractivity contribution < 1.29 is 9.90 Å². The predicted octanol–water partition coefficient (Wildman–Crippen LogP) is 3.37. The number of benzene rings is 1. The monoisotopic (exact) mass is 290 g/mol. The van der Waals surface area contributed by atoms with Gasteiger partial charge in [-0.05, 0) is 30.7 Å². The standard InChI is InChI=1S/C15H18N2O2S/c1-2-13-16-14-11(15(18)19)6-3-7-12(14)17(13)10-5-4-8-20-9-10/h3,6-7,10H,2,4-5,8-9H2,1H3,(H,18,19). The second-order valence-electron chi connectivity index (χ2n) is 5.10. The van der Waals surface area contributed by atoms with Gasteiger partial charge in [-0.3, -0.25) is 0 Å². The van der Waals surface area contributed by atoms with Gasteiger partial charge in [-0.25, -0.2) is 9.78 Å². The highest BCUT2D eigenvalue weighted by molar-refractivity contribution is 7.99. The quantitative estimate of drug-likeness (QED) is 0.941. The first kappa shape index (κ1) is 13.5. The van der Waals surface area contributed by atoms with E-state index in [1.807, 2.05) is 23.9 Å². The average molecular weight is 290 g/mol. The van der Waals surface area contributed by atoms with Crippen molar-refractivity contribution in [1.29, 1.82) is 0 Å². The minimum Gasteiger partial charge on any atom is -0.478 e. The van der Waals surface area contributed by atoms with Crippen LogP contribution in [0.4, 0.5) is 0 Å². The van der Waals surface area contributed by atoms with Crippen molar-refractivity contribution in [3.8, 4) is 0 Å². The van der Waals surface area contributed by atoms with E-state index in [0.717, 1.165) is 29.9 Å².